The number of allylic oxidation sites excluding steroid dienone is 1. The van der Waals surface area contributed by atoms with Gasteiger partial charge in [0.15, 0.2) is 0 Å². The number of nitrogens with zero attached hydrogens (tertiary/aromatic N) is 2. The summed E-state index contributed by atoms with van der Waals surface area (Å²) in [6, 6.07) is 17.8. The molecule has 1 amide bonds. The number of carbonyl (C=O) groups excluding carboxylic acids is 1. The van der Waals surface area contributed by atoms with Crippen molar-refractivity contribution in [1.29, 1.82) is 0 Å². The maximum absolute atomic E-state index is 12.7. The molecule has 5 rings (SSSR count). The average molecular weight is 488 g/mol. The lowest BCUT2D eigenvalue weighted by Gasteiger charge is -2.34. The van der Waals surface area contributed by atoms with Crippen LogP contribution in [0.15, 0.2) is 70.9 Å². The first-order valence-corrected chi connectivity index (χ1v) is 12.7. The molecule has 2 aliphatic heterocycles. The zero-order valence-corrected chi connectivity index (χ0v) is 20.9. The fraction of sp³-hybridized carbons (Fsp3) is 0.414. The largest absolute Gasteiger partial charge is 0.481 e. The Hall–Kier alpha value is -3.61. The van der Waals surface area contributed by atoms with Gasteiger partial charge in [-0.1, -0.05) is 42.5 Å². The van der Waals surface area contributed by atoms with E-state index < -0.39 is 17.5 Å². The number of hydrogen-bond acceptors (Lipinski definition) is 5. The monoisotopic (exact) mass is 487 g/mol. The number of hydrogen-bond donors (Lipinski definition) is 2. The Morgan fingerprint density at radius 2 is 1.75 bits per heavy atom. The lowest BCUT2D eigenvalue weighted by atomic mass is 9.87. The van der Waals surface area contributed by atoms with Gasteiger partial charge in [-0.05, 0) is 74.3 Å². The van der Waals surface area contributed by atoms with E-state index in [2.05, 4.69) is 27.3 Å². The van der Waals surface area contributed by atoms with Gasteiger partial charge in [-0.2, -0.15) is 0 Å². The van der Waals surface area contributed by atoms with Gasteiger partial charge in [0.2, 0.25) is 0 Å². The van der Waals surface area contributed by atoms with Crippen molar-refractivity contribution in [2.75, 3.05) is 24.5 Å². The van der Waals surface area contributed by atoms with Gasteiger partial charge in [0.1, 0.15) is 6.10 Å². The summed E-state index contributed by atoms with van der Waals surface area (Å²) in [6.07, 6.45) is 2.59. The molecule has 0 spiro atoms. The summed E-state index contributed by atoms with van der Waals surface area (Å²) >= 11 is 0. The molecule has 36 heavy (non-hydrogen) atoms. The minimum absolute atomic E-state index is 0.339. The first-order valence-electron chi connectivity index (χ1n) is 12.7. The molecule has 0 bridgehead atoms. The minimum atomic E-state index is -0.721. The first kappa shape index (κ1) is 24.1. The van der Waals surface area contributed by atoms with E-state index in [1.54, 1.807) is 0 Å². The third kappa shape index (κ3) is 4.74. The van der Waals surface area contributed by atoms with E-state index in [1.807, 2.05) is 56.3 Å². The third-order valence-electron chi connectivity index (χ3n) is 7.88. The van der Waals surface area contributed by atoms with Gasteiger partial charge in [-0.3, -0.25) is 15.1 Å². The number of carboxylic acid groups (broad SMARTS) is 1. The number of carboxylic acids is 1. The van der Waals surface area contributed by atoms with Crippen LogP contribution in [0.25, 0.3) is 0 Å². The quantitative estimate of drug-likeness (QED) is 0.558. The maximum atomic E-state index is 12.7. The normalized spacial score (nSPS) is 20.1. The number of aliphatic carboxylic acids is 1. The highest BCUT2D eigenvalue weighted by atomic mass is 16.6. The molecular weight excluding hydrogens is 454 g/mol. The van der Waals surface area contributed by atoms with Gasteiger partial charge in [0.05, 0.1) is 23.4 Å². The Balaban J connectivity index is 1.20. The summed E-state index contributed by atoms with van der Waals surface area (Å²) in [4.78, 5) is 31.2. The summed E-state index contributed by atoms with van der Waals surface area (Å²) in [5, 5.41) is 12.5. The van der Waals surface area contributed by atoms with E-state index in [4.69, 9.17) is 4.74 Å². The SMILES string of the molecule is CC1=NCC(C2CCN(c3ccc(C4(C(=O)O)CC4)cc3)CC2)=C1NC(=O)OC(C)c1ccccc1. The average Bonchev–Trinajstić information content (AvgIpc) is 3.64. The Kier molecular flexibility index (Phi) is 6.56. The number of alkyl carbamates (subject to hydrolysis) is 1. The van der Waals surface area contributed by atoms with Crippen molar-refractivity contribution in [1.82, 2.24) is 5.32 Å². The van der Waals surface area contributed by atoms with Crippen LogP contribution in [0.2, 0.25) is 0 Å². The second-order valence-corrected chi connectivity index (χ2v) is 10.1. The number of anilines is 1. The summed E-state index contributed by atoms with van der Waals surface area (Å²) in [5.41, 5.74) is 5.16. The van der Waals surface area contributed by atoms with Crippen molar-refractivity contribution in [3.8, 4) is 0 Å². The topological polar surface area (TPSA) is 91.2 Å². The summed E-state index contributed by atoms with van der Waals surface area (Å²) in [5.74, 6) is -0.369. The Morgan fingerprint density at radius 1 is 1.08 bits per heavy atom. The molecule has 0 aromatic heterocycles. The van der Waals surface area contributed by atoms with Crippen LogP contribution in [0.1, 0.15) is 56.8 Å². The van der Waals surface area contributed by atoms with Gasteiger partial charge >= 0.3 is 12.1 Å². The highest BCUT2D eigenvalue weighted by molar-refractivity contribution is 6.03. The van der Waals surface area contributed by atoms with Gasteiger partial charge in [0.25, 0.3) is 0 Å². The molecule has 1 unspecified atom stereocenters. The van der Waals surface area contributed by atoms with Crippen molar-refractivity contribution in [2.45, 2.75) is 51.0 Å². The predicted octanol–water partition coefficient (Wildman–Crippen LogP) is 5.24. The lowest BCUT2D eigenvalue weighted by Crippen LogP contribution is -2.36. The van der Waals surface area contributed by atoms with E-state index in [0.717, 1.165) is 67.0 Å². The minimum Gasteiger partial charge on any atom is -0.481 e. The molecule has 1 saturated carbocycles. The maximum Gasteiger partial charge on any atom is 0.412 e. The number of ether oxygens (including phenoxy) is 1. The second-order valence-electron chi connectivity index (χ2n) is 10.1. The molecule has 1 atom stereocenters. The van der Waals surface area contributed by atoms with Crippen molar-refractivity contribution >= 4 is 23.5 Å². The van der Waals surface area contributed by atoms with Crippen molar-refractivity contribution in [3.05, 3.63) is 77.0 Å². The summed E-state index contributed by atoms with van der Waals surface area (Å²) in [7, 11) is 0. The van der Waals surface area contributed by atoms with Crippen LogP contribution < -0.4 is 10.2 Å². The van der Waals surface area contributed by atoms with Crippen LogP contribution in [0.3, 0.4) is 0 Å². The fourth-order valence-electron chi connectivity index (χ4n) is 5.41. The fourth-order valence-corrected chi connectivity index (χ4v) is 5.41. The van der Waals surface area contributed by atoms with E-state index in [9.17, 15) is 14.7 Å². The number of aliphatic imine (C=N–C) groups is 1. The summed E-state index contributed by atoms with van der Waals surface area (Å²) in [6.45, 7) is 6.23. The Morgan fingerprint density at radius 3 is 2.36 bits per heavy atom. The zero-order chi connectivity index (χ0) is 25.3. The van der Waals surface area contributed by atoms with E-state index in [0.29, 0.717) is 12.5 Å². The van der Waals surface area contributed by atoms with Crippen molar-refractivity contribution in [2.24, 2.45) is 10.9 Å². The van der Waals surface area contributed by atoms with Crippen LogP contribution in [0.5, 0.6) is 0 Å². The standard InChI is InChI=1S/C29H33N3O4/c1-19-26(31-28(35)36-20(2)21-6-4-3-5-7-21)25(18-30-19)22-12-16-32(17-13-22)24-10-8-23(9-11-24)29(14-15-29)27(33)34/h3-11,20,22H,12-18H2,1-2H3,(H,31,35)(H,33,34). The molecule has 2 fully saturated rings. The van der Waals surface area contributed by atoms with Crippen LogP contribution in [-0.2, 0) is 14.9 Å². The molecule has 3 aliphatic rings. The lowest BCUT2D eigenvalue weighted by molar-refractivity contribution is -0.140. The molecule has 0 radical (unpaired) electrons. The number of carbonyl (C=O) groups is 2. The number of amides is 1. The van der Waals surface area contributed by atoms with E-state index >= 15 is 0 Å². The van der Waals surface area contributed by atoms with Gasteiger partial charge < -0.3 is 14.7 Å². The molecule has 1 aliphatic carbocycles. The molecule has 2 heterocycles. The number of benzene rings is 2. The highest BCUT2D eigenvalue weighted by Gasteiger charge is 2.51. The first-order chi connectivity index (χ1) is 17.4. The molecule has 7 nitrogen and oxygen atoms in total. The van der Waals surface area contributed by atoms with E-state index in [-0.39, 0.29) is 6.10 Å². The van der Waals surface area contributed by atoms with E-state index in [1.165, 1.54) is 5.57 Å². The van der Waals surface area contributed by atoms with Gasteiger partial charge in [-0.15, -0.1) is 0 Å². The molecule has 2 aromatic rings. The van der Waals surface area contributed by atoms with Crippen molar-refractivity contribution in [3.63, 3.8) is 0 Å². The Labute approximate surface area is 211 Å². The number of nitrogens with one attached hydrogen (secondary N) is 1. The molecule has 2 aromatic carbocycles. The highest BCUT2D eigenvalue weighted by Crippen LogP contribution is 2.48. The smallest absolute Gasteiger partial charge is 0.412 e. The molecule has 7 heteroatoms. The van der Waals surface area contributed by atoms with Crippen LogP contribution in [-0.4, -0.2) is 42.5 Å². The third-order valence-corrected chi connectivity index (χ3v) is 7.88. The van der Waals surface area contributed by atoms with Crippen LogP contribution >= 0.6 is 0 Å². The van der Waals surface area contributed by atoms with Crippen LogP contribution in [0.4, 0.5) is 10.5 Å². The number of piperidine rings is 1. The van der Waals surface area contributed by atoms with Gasteiger partial charge in [0, 0.05) is 18.8 Å². The van der Waals surface area contributed by atoms with Crippen LogP contribution in [0, 0.1) is 5.92 Å². The molecule has 2 N–H and O–H groups in total. The molecule has 188 valence electrons. The predicted molar refractivity (Wildman–Crippen MR) is 139 cm³/mol. The molecular formula is C29H33N3O4. The zero-order valence-electron chi connectivity index (χ0n) is 20.9. The number of rotatable bonds is 7. The van der Waals surface area contributed by atoms with Crippen molar-refractivity contribution < 1.29 is 19.4 Å². The summed E-state index contributed by atoms with van der Waals surface area (Å²) < 4.78 is 5.63. The Bertz CT molecular complexity index is 1190. The molecule has 1 saturated heterocycles. The van der Waals surface area contributed by atoms with Gasteiger partial charge in [-0.25, -0.2) is 4.79 Å². The second kappa shape index (κ2) is 9.80.